The van der Waals surface area contributed by atoms with E-state index in [9.17, 15) is 24.2 Å². The highest BCUT2D eigenvalue weighted by Crippen LogP contribution is 2.43. The Morgan fingerprint density at radius 2 is 1.07 bits per heavy atom. The molecule has 3 unspecified atom stereocenters. The van der Waals surface area contributed by atoms with Crippen LogP contribution in [0.5, 0.6) is 0 Å². The smallest absolute Gasteiger partial charge is 0.462 e. The molecule has 0 aromatic rings. The van der Waals surface area contributed by atoms with Crippen LogP contribution < -0.4 is 0 Å². The van der Waals surface area contributed by atoms with Crippen molar-refractivity contribution in [2.75, 3.05) is 26.4 Å². The molecule has 0 aliphatic rings. The number of ether oxygens (including phenoxy) is 2. The number of carbonyl (C=O) groups excluding carboxylic acids is 2. The van der Waals surface area contributed by atoms with E-state index in [1.165, 1.54) is 77.0 Å². The van der Waals surface area contributed by atoms with Crippen molar-refractivity contribution >= 4 is 19.8 Å². The van der Waals surface area contributed by atoms with Crippen LogP contribution in [0.4, 0.5) is 0 Å². The largest absolute Gasteiger partial charge is 0.472 e. The van der Waals surface area contributed by atoms with Gasteiger partial charge in [-0.25, -0.2) is 4.57 Å². The van der Waals surface area contributed by atoms with Crippen LogP contribution in [0.25, 0.3) is 0 Å². The van der Waals surface area contributed by atoms with Crippen molar-refractivity contribution in [1.29, 1.82) is 0 Å². The van der Waals surface area contributed by atoms with Crippen molar-refractivity contribution in [2.24, 2.45) is 0 Å². The van der Waals surface area contributed by atoms with Gasteiger partial charge in [-0.15, -0.1) is 0 Å². The molecule has 3 atom stereocenters. The molecule has 0 radical (unpaired) electrons. The van der Waals surface area contributed by atoms with Crippen molar-refractivity contribution in [1.82, 2.24) is 0 Å². The minimum absolute atomic E-state index is 0.189. The molecule has 11 heteroatoms. The zero-order valence-electron chi connectivity index (χ0n) is 25.8. The highest BCUT2D eigenvalue weighted by molar-refractivity contribution is 7.47. The maximum absolute atomic E-state index is 12.4. The Morgan fingerprint density at radius 3 is 1.56 bits per heavy atom. The summed E-state index contributed by atoms with van der Waals surface area (Å²) < 4.78 is 32.0. The number of esters is 2. The van der Waals surface area contributed by atoms with Crippen LogP contribution in [0, 0.1) is 0 Å². The van der Waals surface area contributed by atoms with Gasteiger partial charge in [0.15, 0.2) is 6.10 Å². The summed E-state index contributed by atoms with van der Waals surface area (Å²) in [5.74, 6) is -0.960. The molecule has 0 amide bonds. The summed E-state index contributed by atoms with van der Waals surface area (Å²) in [6, 6.07) is 0. The Morgan fingerprint density at radius 1 is 0.634 bits per heavy atom. The molecule has 0 fully saturated rings. The van der Waals surface area contributed by atoms with Gasteiger partial charge in [0.25, 0.3) is 0 Å². The Hall–Kier alpha value is -1.03. The number of phosphoric ester groups is 1. The Bertz CT molecular complexity index is 676. The quantitative estimate of drug-likeness (QED) is 0.0452. The van der Waals surface area contributed by atoms with E-state index in [4.69, 9.17) is 19.1 Å². The third-order valence-electron chi connectivity index (χ3n) is 6.76. The summed E-state index contributed by atoms with van der Waals surface area (Å²) in [6.07, 6.45) is 19.2. The number of unbranched alkanes of at least 4 members (excludes halogenated alkanes) is 16. The van der Waals surface area contributed by atoms with Gasteiger partial charge in [0.1, 0.15) is 12.7 Å². The van der Waals surface area contributed by atoms with E-state index in [1.54, 1.807) is 0 Å². The van der Waals surface area contributed by atoms with Crippen molar-refractivity contribution < 1.29 is 47.8 Å². The topological polar surface area (TPSA) is 149 Å². The minimum atomic E-state index is -4.58. The molecule has 244 valence electrons. The average molecular weight is 611 g/mol. The normalized spacial score (nSPS) is 14.4. The van der Waals surface area contributed by atoms with Gasteiger partial charge in [-0.05, 0) is 12.8 Å². The molecule has 0 bridgehead atoms. The lowest BCUT2D eigenvalue weighted by Gasteiger charge is -2.20. The van der Waals surface area contributed by atoms with Gasteiger partial charge in [0, 0.05) is 12.8 Å². The van der Waals surface area contributed by atoms with Gasteiger partial charge >= 0.3 is 19.8 Å². The van der Waals surface area contributed by atoms with E-state index in [0.29, 0.717) is 12.8 Å². The molecular formula is C30H59O10P. The number of aliphatic hydroxyl groups is 2. The molecule has 0 aromatic carbocycles. The maximum Gasteiger partial charge on any atom is 0.472 e. The third kappa shape index (κ3) is 27.5. The Kier molecular flexibility index (Phi) is 27.1. The summed E-state index contributed by atoms with van der Waals surface area (Å²) in [5.41, 5.74) is 0. The summed E-state index contributed by atoms with van der Waals surface area (Å²) in [4.78, 5) is 34.0. The third-order valence-corrected chi connectivity index (χ3v) is 7.71. The second kappa shape index (κ2) is 27.8. The zero-order chi connectivity index (χ0) is 30.6. The van der Waals surface area contributed by atoms with Gasteiger partial charge in [0.05, 0.1) is 19.8 Å². The van der Waals surface area contributed by atoms with E-state index in [2.05, 4.69) is 11.4 Å². The SMILES string of the molecule is CCCCCCCCCCCCCCCCCCC(=O)OC(COC(=O)CCCC)COP(=O)(O)OCC(O)CO. The number of rotatable bonds is 30. The first kappa shape index (κ1) is 40.0. The summed E-state index contributed by atoms with van der Waals surface area (Å²) in [5, 5.41) is 18.1. The maximum atomic E-state index is 12.4. The molecule has 10 nitrogen and oxygen atoms in total. The highest BCUT2D eigenvalue weighted by Gasteiger charge is 2.27. The van der Waals surface area contributed by atoms with E-state index in [1.807, 2.05) is 6.92 Å². The fourth-order valence-electron chi connectivity index (χ4n) is 4.21. The highest BCUT2D eigenvalue weighted by atomic mass is 31.2. The summed E-state index contributed by atoms with van der Waals surface area (Å²) in [7, 11) is -4.58. The zero-order valence-corrected chi connectivity index (χ0v) is 26.7. The summed E-state index contributed by atoms with van der Waals surface area (Å²) in [6.45, 7) is 2.09. The van der Waals surface area contributed by atoms with Gasteiger partial charge < -0.3 is 24.6 Å². The van der Waals surface area contributed by atoms with Gasteiger partial charge in [-0.1, -0.05) is 117 Å². The molecular weight excluding hydrogens is 551 g/mol. The molecule has 0 rings (SSSR count). The van der Waals surface area contributed by atoms with Crippen molar-refractivity contribution in [2.45, 2.75) is 154 Å². The monoisotopic (exact) mass is 610 g/mol. The Balaban J connectivity index is 4.12. The summed E-state index contributed by atoms with van der Waals surface area (Å²) >= 11 is 0. The first-order chi connectivity index (χ1) is 19.7. The molecule has 3 N–H and O–H groups in total. The van der Waals surface area contributed by atoms with Crippen LogP contribution in [0.15, 0.2) is 0 Å². The number of phosphoric acid groups is 1. The van der Waals surface area contributed by atoms with Gasteiger partial charge in [0.2, 0.25) is 0 Å². The van der Waals surface area contributed by atoms with Crippen molar-refractivity contribution in [3.05, 3.63) is 0 Å². The number of hydrogen-bond acceptors (Lipinski definition) is 9. The van der Waals surface area contributed by atoms with E-state index >= 15 is 0 Å². The lowest BCUT2D eigenvalue weighted by Crippen LogP contribution is -2.29. The molecule has 0 aliphatic carbocycles. The number of aliphatic hydroxyl groups excluding tert-OH is 2. The second-order valence-electron chi connectivity index (χ2n) is 10.8. The second-order valence-corrected chi connectivity index (χ2v) is 12.3. The molecule has 0 heterocycles. The molecule has 0 aliphatic heterocycles. The van der Waals surface area contributed by atoms with Crippen molar-refractivity contribution in [3.8, 4) is 0 Å². The van der Waals surface area contributed by atoms with E-state index in [0.717, 1.165) is 25.7 Å². The van der Waals surface area contributed by atoms with Crippen LogP contribution in [-0.4, -0.2) is 65.7 Å². The van der Waals surface area contributed by atoms with E-state index < -0.39 is 51.8 Å². The fraction of sp³-hybridized carbons (Fsp3) is 0.933. The van der Waals surface area contributed by atoms with Gasteiger partial charge in [-0.2, -0.15) is 0 Å². The molecule has 41 heavy (non-hydrogen) atoms. The lowest BCUT2D eigenvalue weighted by molar-refractivity contribution is -0.161. The van der Waals surface area contributed by atoms with Crippen LogP contribution in [-0.2, 0) is 32.7 Å². The van der Waals surface area contributed by atoms with Crippen LogP contribution in [0.3, 0.4) is 0 Å². The average Bonchev–Trinajstić information content (AvgIpc) is 2.95. The molecule has 0 saturated heterocycles. The Labute approximate surface area is 248 Å². The standard InChI is InChI=1S/C30H59O10P/c1-3-5-7-8-9-10-11-12-13-14-15-16-17-18-19-20-22-30(34)40-28(25-37-29(33)21-6-4-2)26-39-41(35,36)38-24-27(32)23-31/h27-28,31-32H,3-26H2,1-2H3,(H,35,36). The predicted octanol–water partition coefficient (Wildman–Crippen LogP) is 6.77. The molecule has 0 saturated carbocycles. The van der Waals surface area contributed by atoms with Crippen molar-refractivity contribution in [3.63, 3.8) is 0 Å². The minimum Gasteiger partial charge on any atom is -0.462 e. The molecule has 0 aromatic heterocycles. The van der Waals surface area contributed by atoms with Crippen LogP contribution >= 0.6 is 7.82 Å². The first-order valence-electron chi connectivity index (χ1n) is 16.0. The van der Waals surface area contributed by atoms with Crippen LogP contribution in [0.2, 0.25) is 0 Å². The van der Waals surface area contributed by atoms with Gasteiger partial charge in [-0.3, -0.25) is 18.6 Å². The fourth-order valence-corrected chi connectivity index (χ4v) is 4.99. The predicted molar refractivity (Wildman–Crippen MR) is 159 cm³/mol. The van der Waals surface area contributed by atoms with E-state index in [-0.39, 0.29) is 19.4 Å². The number of carbonyl (C=O) groups is 2. The molecule has 0 spiro atoms. The van der Waals surface area contributed by atoms with Crippen LogP contribution in [0.1, 0.15) is 142 Å². The first-order valence-corrected chi connectivity index (χ1v) is 17.5. The lowest BCUT2D eigenvalue weighted by atomic mass is 10.0. The number of hydrogen-bond donors (Lipinski definition) is 3.